The topological polar surface area (TPSA) is 78.6 Å². The highest BCUT2D eigenvalue weighted by molar-refractivity contribution is 5.91. The molecule has 0 N–H and O–H groups in total. The zero-order valence-electron chi connectivity index (χ0n) is 15.0. The first-order valence-corrected chi connectivity index (χ1v) is 8.68. The van der Waals surface area contributed by atoms with Gasteiger partial charge in [-0.2, -0.15) is 5.10 Å². The Bertz CT molecular complexity index is 873. The zero-order valence-corrected chi connectivity index (χ0v) is 15.0. The van der Waals surface area contributed by atoms with E-state index < -0.39 is 5.97 Å². The summed E-state index contributed by atoms with van der Waals surface area (Å²) in [6, 6.07) is 14.0. The van der Waals surface area contributed by atoms with Gasteiger partial charge in [-0.25, -0.2) is 9.47 Å². The predicted octanol–water partition coefficient (Wildman–Crippen LogP) is 3.56. The van der Waals surface area contributed by atoms with Crippen LogP contribution in [0.3, 0.4) is 0 Å². The van der Waals surface area contributed by atoms with Gasteiger partial charge in [0.2, 0.25) is 0 Å². The molecule has 0 aliphatic rings. The van der Waals surface area contributed by atoms with Crippen LogP contribution in [0.5, 0.6) is 11.5 Å². The average Bonchev–Trinajstić information content (AvgIpc) is 3.22. The summed E-state index contributed by atoms with van der Waals surface area (Å²) in [4.78, 5) is 12.2. The van der Waals surface area contributed by atoms with Crippen LogP contribution in [0, 0.1) is 0 Å². The highest BCUT2D eigenvalue weighted by Gasteiger charge is 2.08. The first-order chi connectivity index (χ1) is 13.2. The molecule has 0 atom stereocenters. The number of hydrogen-bond donors (Lipinski definition) is 0. The number of carbonyl (C=O) groups excluding carboxylic acids is 1. The van der Waals surface area contributed by atoms with Crippen molar-refractivity contribution < 1.29 is 14.3 Å². The van der Waals surface area contributed by atoms with Crippen molar-refractivity contribution in [3.05, 3.63) is 72.3 Å². The van der Waals surface area contributed by atoms with Gasteiger partial charge >= 0.3 is 5.97 Å². The van der Waals surface area contributed by atoms with Crippen LogP contribution in [0.4, 0.5) is 0 Å². The molecule has 27 heavy (non-hydrogen) atoms. The van der Waals surface area contributed by atoms with Crippen LogP contribution in [0.1, 0.15) is 35.7 Å². The van der Waals surface area contributed by atoms with Crippen LogP contribution < -0.4 is 9.47 Å². The van der Waals surface area contributed by atoms with E-state index in [0.29, 0.717) is 17.9 Å². The summed E-state index contributed by atoms with van der Waals surface area (Å²) < 4.78 is 12.5. The summed E-state index contributed by atoms with van der Waals surface area (Å²) in [7, 11) is 0. The van der Waals surface area contributed by atoms with Crippen LogP contribution in [0.2, 0.25) is 0 Å². The van der Waals surface area contributed by atoms with Crippen molar-refractivity contribution in [3.8, 4) is 11.5 Å². The summed E-state index contributed by atoms with van der Waals surface area (Å²) in [5, 5.41) is 11.5. The van der Waals surface area contributed by atoms with Crippen molar-refractivity contribution >= 4 is 12.2 Å². The summed E-state index contributed by atoms with van der Waals surface area (Å²) in [6.45, 7) is 2.78. The van der Waals surface area contributed by atoms with Gasteiger partial charge in [-0.3, -0.25) is 0 Å². The van der Waals surface area contributed by atoms with E-state index in [1.165, 1.54) is 17.3 Å². The Kier molecular flexibility index (Phi) is 6.30. The second-order valence-corrected chi connectivity index (χ2v) is 5.77. The van der Waals surface area contributed by atoms with Gasteiger partial charge in [-0.1, -0.05) is 13.3 Å². The summed E-state index contributed by atoms with van der Waals surface area (Å²) in [5.74, 6) is 0.794. The fraction of sp³-hybridized carbons (Fsp3) is 0.200. The normalized spacial score (nSPS) is 10.9. The van der Waals surface area contributed by atoms with E-state index in [9.17, 15) is 4.79 Å². The molecule has 3 aromatic rings. The lowest BCUT2D eigenvalue weighted by Gasteiger charge is -2.07. The lowest BCUT2D eigenvalue weighted by molar-refractivity contribution is 0.0734. The minimum Gasteiger partial charge on any atom is -0.494 e. The number of carbonyl (C=O) groups is 1. The molecule has 0 amide bonds. The van der Waals surface area contributed by atoms with E-state index in [0.717, 1.165) is 24.2 Å². The molecule has 0 aliphatic carbocycles. The maximum Gasteiger partial charge on any atom is 0.343 e. The van der Waals surface area contributed by atoms with Crippen LogP contribution in [-0.2, 0) is 0 Å². The minimum absolute atomic E-state index is 0.416. The van der Waals surface area contributed by atoms with Gasteiger partial charge in [0.15, 0.2) is 0 Å². The maximum absolute atomic E-state index is 12.2. The van der Waals surface area contributed by atoms with Crippen molar-refractivity contribution in [2.75, 3.05) is 6.61 Å². The van der Waals surface area contributed by atoms with Gasteiger partial charge < -0.3 is 9.47 Å². The molecule has 0 unspecified atom stereocenters. The molecule has 0 bridgehead atoms. The number of esters is 1. The second kappa shape index (κ2) is 9.28. The highest BCUT2D eigenvalue weighted by Crippen LogP contribution is 2.16. The number of nitrogens with zero attached hydrogens (tertiary/aromatic N) is 4. The van der Waals surface area contributed by atoms with E-state index in [4.69, 9.17) is 9.47 Å². The van der Waals surface area contributed by atoms with Gasteiger partial charge in [-0.15, -0.1) is 10.2 Å². The van der Waals surface area contributed by atoms with Gasteiger partial charge in [-0.05, 0) is 60.5 Å². The number of rotatable bonds is 8. The Morgan fingerprint density at radius 1 is 1.04 bits per heavy atom. The number of benzene rings is 2. The average molecular weight is 364 g/mol. The van der Waals surface area contributed by atoms with Crippen LogP contribution in [0.25, 0.3) is 0 Å². The second-order valence-electron chi connectivity index (χ2n) is 5.77. The lowest BCUT2D eigenvalue weighted by Crippen LogP contribution is -2.08. The van der Waals surface area contributed by atoms with Gasteiger partial charge in [0.25, 0.3) is 0 Å². The third-order valence-corrected chi connectivity index (χ3v) is 3.69. The van der Waals surface area contributed by atoms with Crippen molar-refractivity contribution in [2.45, 2.75) is 19.8 Å². The molecular formula is C20H20N4O3. The number of ether oxygens (including phenoxy) is 2. The third-order valence-electron chi connectivity index (χ3n) is 3.69. The highest BCUT2D eigenvalue weighted by atomic mass is 16.5. The standard InChI is InChI=1S/C20H20N4O3/c1-2-3-12-26-18-10-6-17(7-11-18)20(25)27-19-8-4-16(5-9-19)13-23-24-14-21-22-15-24/h4-11,13-15H,2-3,12H2,1H3/b23-13+. The van der Waals surface area contributed by atoms with Crippen LogP contribution in [0.15, 0.2) is 66.3 Å². The SMILES string of the molecule is CCCCOc1ccc(C(=O)Oc2ccc(/C=N/n3cnnc3)cc2)cc1. The molecule has 0 radical (unpaired) electrons. The lowest BCUT2D eigenvalue weighted by atomic mass is 10.2. The molecule has 1 heterocycles. The molecule has 2 aromatic carbocycles. The molecule has 7 heteroatoms. The molecule has 0 fully saturated rings. The Morgan fingerprint density at radius 2 is 1.70 bits per heavy atom. The zero-order chi connectivity index (χ0) is 18.9. The largest absolute Gasteiger partial charge is 0.494 e. The Hall–Kier alpha value is -3.48. The van der Waals surface area contributed by atoms with Crippen molar-refractivity contribution in [3.63, 3.8) is 0 Å². The Balaban J connectivity index is 1.55. The molecule has 0 aliphatic heterocycles. The van der Waals surface area contributed by atoms with Gasteiger partial charge in [0.1, 0.15) is 24.2 Å². The fourth-order valence-electron chi connectivity index (χ4n) is 2.20. The Labute approximate surface area is 157 Å². The van der Waals surface area contributed by atoms with Crippen LogP contribution in [-0.4, -0.2) is 33.7 Å². The van der Waals surface area contributed by atoms with Crippen molar-refractivity contribution in [1.29, 1.82) is 0 Å². The quantitative estimate of drug-likeness (QED) is 0.264. The van der Waals surface area contributed by atoms with E-state index in [-0.39, 0.29) is 0 Å². The third kappa shape index (κ3) is 5.50. The van der Waals surface area contributed by atoms with E-state index in [1.54, 1.807) is 54.7 Å². The Morgan fingerprint density at radius 3 is 2.37 bits per heavy atom. The molecule has 7 nitrogen and oxygen atoms in total. The molecule has 0 saturated heterocycles. The van der Waals surface area contributed by atoms with Gasteiger partial charge in [0.05, 0.1) is 18.4 Å². The smallest absolute Gasteiger partial charge is 0.343 e. The first-order valence-electron chi connectivity index (χ1n) is 8.68. The molecule has 0 saturated carbocycles. The summed E-state index contributed by atoms with van der Waals surface area (Å²) in [5.41, 5.74) is 1.33. The molecular weight excluding hydrogens is 344 g/mol. The molecule has 0 spiro atoms. The first kappa shape index (κ1) is 18.3. The number of aromatic nitrogens is 3. The number of unbranched alkanes of at least 4 members (excludes halogenated alkanes) is 1. The van der Waals surface area contributed by atoms with Crippen molar-refractivity contribution in [2.24, 2.45) is 5.10 Å². The van der Waals surface area contributed by atoms with E-state index in [1.807, 2.05) is 0 Å². The molecule has 1 aromatic heterocycles. The summed E-state index contributed by atoms with van der Waals surface area (Å²) >= 11 is 0. The van der Waals surface area contributed by atoms with Crippen molar-refractivity contribution in [1.82, 2.24) is 14.9 Å². The van der Waals surface area contributed by atoms with Gasteiger partial charge in [0, 0.05) is 0 Å². The molecule has 3 rings (SSSR count). The monoisotopic (exact) mass is 364 g/mol. The fourth-order valence-corrected chi connectivity index (χ4v) is 2.20. The molecule has 138 valence electrons. The van der Waals surface area contributed by atoms with E-state index in [2.05, 4.69) is 22.2 Å². The number of hydrogen-bond acceptors (Lipinski definition) is 6. The minimum atomic E-state index is -0.416. The summed E-state index contributed by atoms with van der Waals surface area (Å²) in [6.07, 6.45) is 6.73. The van der Waals surface area contributed by atoms with E-state index >= 15 is 0 Å². The predicted molar refractivity (Wildman–Crippen MR) is 101 cm³/mol. The van der Waals surface area contributed by atoms with Crippen LogP contribution >= 0.6 is 0 Å². The maximum atomic E-state index is 12.2.